The molecule has 0 aliphatic carbocycles. The summed E-state index contributed by atoms with van der Waals surface area (Å²) in [6.07, 6.45) is 5.44. The van der Waals surface area contributed by atoms with Gasteiger partial charge in [-0.15, -0.1) is 0 Å². The van der Waals surface area contributed by atoms with Gasteiger partial charge in [-0.05, 0) is 40.5 Å². The molecule has 1 aliphatic rings. The summed E-state index contributed by atoms with van der Waals surface area (Å²) in [6.45, 7) is 0.188. The van der Waals surface area contributed by atoms with Crippen molar-refractivity contribution in [3.8, 4) is 5.75 Å². The van der Waals surface area contributed by atoms with Gasteiger partial charge in [0, 0.05) is 24.2 Å². The van der Waals surface area contributed by atoms with Crippen molar-refractivity contribution >= 4 is 15.8 Å². The molecule has 0 saturated carbocycles. The molecule has 8 heteroatoms. The molecule has 2 aromatic heterocycles. The topological polar surface area (TPSA) is 77.3 Å². The van der Waals surface area contributed by atoms with Crippen LogP contribution in [0.4, 0.5) is 5.82 Å². The summed E-state index contributed by atoms with van der Waals surface area (Å²) in [5.41, 5.74) is 4.01. The van der Waals surface area contributed by atoms with Gasteiger partial charge in [0.05, 0.1) is 24.4 Å². The molecule has 0 fully saturated rings. The summed E-state index contributed by atoms with van der Waals surface area (Å²) in [7, 11) is -2.28. The summed E-state index contributed by atoms with van der Waals surface area (Å²) in [6, 6.07) is 41.3. The van der Waals surface area contributed by atoms with Crippen LogP contribution in [0.2, 0.25) is 0 Å². The van der Waals surface area contributed by atoms with Crippen LogP contribution in [-0.4, -0.2) is 36.8 Å². The van der Waals surface area contributed by atoms with E-state index in [1.165, 1.54) is 4.31 Å². The predicted octanol–water partition coefficient (Wildman–Crippen LogP) is 6.47. The molecule has 1 atom stereocenters. The van der Waals surface area contributed by atoms with Gasteiger partial charge in [0.1, 0.15) is 17.1 Å². The average molecular weight is 599 g/mol. The molecule has 0 bridgehead atoms. The number of hydrogen-bond donors (Lipinski definition) is 0. The lowest BCUT2D eigenvalue weighted by molar-refractivity contribution is 0.412. The maximum absolute atomic E-state index is 13.9. The van der Waals surface area contributed by atoms with Crippen LogP contribution in [0.25, 0.3) is 0 Å². The molecular weight excluding hydrogens is 568 g/mol. The van der Waals surface area contributed by atoms with Crippen LogP contribution in [0.1, 0.15) is 33.7 Å². The average Bonchev–Trinajstić information content (AvgIpc) is 3.73. The molecule has 7 rings (SSSR count). The van der Waals surface area contributed by atoms with Crippen LogP contribution in [0.5, 0.6) is 5.75 Å². The normalized spacial score (nSPS) is 14.8. The van der Waals surface area contributed by atoms with Crippen LogP contribution < -0.4 is 9.04 Å². The molecule has 0 saturated heterocycles. The molecule has 1 aliphatic heterocycles. The Morgan fingerprint density at radius 3 is 1.80 bits per heavy atom. The van der Waals surface area contributed by atoms with Gasteiger partial charge in [0.2, 0.25) is 0 Å². The number of methoxy groups -OCH3 is 1. The zero-order valence-electron chi connectivity index (χ0n) is 24.1. The number of ether oxygens (including phenoxy) is 1. The van der Waals surface area contributed by atoms with Gasteiger partial charge in [-0.25, -0.2) is 17.7 Å². The van der Waals surface area contributed by atoms with Crippen molar-refractivity contribution in [2.75, 3.05) is 18.0 Å². The predicted molar refractivity (Wildman–Crippen MR) is 170 cm³/mol. The van der Waals surface area contributed by atoms with Crippen molar-refractivity contribution in [3.63, 3.8) is 0 Å². The second kappa shape index (κ2) is 11.1. The number of anilines is 1. The first-order valence-electron chi connectivity index (χ1n) is 14.4. The minimum Gasteiger partial charge on any atom is -0.495 e. The molecule has 1 unspecified atom stereocenters. The number of nitrogens with zero attached hydrogens (tertiary/aromatic N) is 4. The van der Waals surface area contributed by atoms with Crippen LogP contribution >= 0.6 is 0 Å². The molecule has 7 nitrogen and oxygen atoms in total. The van der Waals surface area contributed by atoms with E-state index in [1.807, 2.05) is 77.7 Å². The summed E-state index contributed by atoms with van der Waals surface area (Å²) in [5, 5.41) is 5.02. The number of sulfonamides is 1. The third kappa shape index (κ3) is 4.46. The molecule has 0 N–H and O–H groups in total. The highest BCUT2D eigenvalue weighted by Crippen LogP contribution is 2.45. The fourth-order valence-corrected chi connectivity index (χ4v) is 7.71. The Kier molecular flexibility index (Phi) is 6.98. The first-order valence-corrected chi connectivity index (χ1v) is 15.8. The van der Waals surface area contributed by atoms with E-state index in [2.05, 4.69) is 41.4 Å². The fraction of sp³-hybridized carbons (Fsp3) is 0.111. The molecule has 4 aromatic carbocycles. The fourth-order valence-electron chi connectivity index (χ4n) is 6.23. The number of hydrogen-bond acceptors (Lipinski definition) is 5. The van der Waals surface area contributed by atoms with Crippen molar-refractivity contribution in [2.45, 2.75) is 16.4 Å². The van der Waals surface area contributed by atoms with Gasteiger partial charge in [-0.3, -0.25) is 4.68 Å². The third-order valence-corrected chi connectivity index (χ3v) is 10.1. The molecule has 218 valence electrons. The molecule has 0 radical (unpaired) electrons. The van der Waals surface area contributed by atoms with Crippen LogP contribution in [0, 0.1) is 0 Å². The highest BCUT2D eigenvalue weighted by atomic mass is 32.2. The number of benzene rings is 4. The summed E-state index contributed by atoms with van der Waals surface area (Å²) < 4.78 is 36.7. The number of rotatable bonds is 8. The molecule has 0 spiro atoms. The van der Waals surface area contributed by atoms with E-state index >= 15 is 0 Å². The van der Waals surface area contributed by atoms with E-state index in [4.69, 9.17) is 9.84 Å². The highest BCUT2D eigenvalue weighted by Gasteiger charge is 2.42. The minimum atomic E-state index is -3.86. The Morgan fingerprint density at radius 1 is 0.750 bits per heavy atom. The maximum atomic E-state index is 13.9. The minimum absolute atomic E-state index is 0.188. The SMILES string of the molecule is COc1cnc2c(c1)C(c1cnn(C(c3ccccc3)(c3ccccc3)c3ccccc3)c1)CN2S(=O)(=O)c1ccccc1. The van der Waals surface area contributed by atoms with E-state index < -0.39 is 15.6 Å². The van der Waals surface area contributed by atoms with Crippen molar-refractivity contribution < 1.29 is 13.2 Å². The van der Waals surface area contributed by atoms with Crippen LogP contribution in [0.3, 0.4) is 0 Å². The van der Waals surface area contributed by atoms with Gasteiger partial charge in [0.25, 0.3) is 10.0 Å². The second-order valence-corrected chi connectivity index (χ2v) is 12.6. The zero-order valence-corrected chi connectivity index (χ0v) is 24.9. The van der Waals surface area contributed by atoms with E-state index in [0.29, 0.717) is 11.6 Å². The first-order chi connectivity index (χ1) is 21.5. The number of fused-ring (bicyclic) bond motifs is 1. The quantitative estimate of drug-likeness (QED) is 0.188. The second-order valence-electron chi connectivity index (χ2n) is 10.7. The summed E-state index contributed by atoms with van der Waals surface area (Å²) >= 11 is 0. The monoisotopic (exact) mass is 598 g/mol. The molecule has 6 aromatic rings. The Bertz CT molecular complexity index is 1900. The first kappa shape index (κ1) is 27.6. The Hall–Kier alpha value is -5.21. The van der Waals surface area contributed by atoms with Crippen LogP contribution in [0.15, 0.2) is 151 Å². The van der Waals surface area contributed by atoms with Crippen molar-refractivity contribution in [3.05, 3.63) is 174 Å². The van der Waals surface area contributed by atoms with Gasteiger partial charge in [-0.1, -0.05) is 109 Å². The van der Waals surface area contributed by atoms with Crippen molar-refractivity contribution in [1.82, 2.24) is 14.8 Å². The van der Waals surface area contributed by atoms with E-state index in [9.17, 15) is 8.42 Å². The highest BCUT2D eigenvalue weighted by molar-refractivity contribution is 7.92. The largest absolute Gasteiger partial charge is 0.495 e. The number of aromatic nitrogens is 3. The standard InChI is InChI=1S/C36H30N4O3S/c1-43-31-22-33-34(26-39(35(33)37-24-31)44(41,42)32-20-12-5-13-21-32)27-23-38-40(25-27)36(28-14-6-2-7-15-28,29-16-8-3-9-17-29)30-18-10-4-11-19-30/h2-25,34H,26H2,1H3. The molecular formula is C36H30N4O3S. The molecule has 0 amide bonds. The zero-order chi connectivity index (χ0) is 30.1. The number of pyridine rings is 1. The lowest BCUT2D eigenvalue weighted by atomic mass is 9.77. The lowest BCUT2D eigenvalue weighted by Gasteiger charge is -2.36. The van der Waals surface area contributed by atoms with Crippen molar-refractivity contribution in [1.29, 1.82) is 0 Å². The van der Waals surface area contributed by atoms with Gasteiger partial charge < -0.3 is 4.74 Å². The Morgan fingerprint density at radius 2 is 1.27 bits per heavy atom. The van der Waals surface area contributed by atoms with E-state index in [1.54, 1.807) is 43.6 Å². The lowest BCUT2D eigenvalue weighted by Crippen LogP contribution is -2.38. The maximum Gasteiger partial charge on any atom is 0.265 e. The van der Waals surface area contributed by atoms with Gasteiger partial charge in [0.15, 0.2) is 0 Å². The van der Waals surface area contributed by atoms with Gasteiger partial charge >= 0.3 is 0 Å². The van der Waals surface area contributed by atoms with Crippen molar-refractivity contribution in [2.24, 2.45) is 0 Å². The smallest absolute Gasteiger partial charge is 0.265 e. The Balaban J connectivity index is 1.41. The summed E-state index contributed by atoms with van der Waals surface area (Å²) in [4.78, 5) is 4.79. The van der Waals surface area contributed by atoms with E-state index in [0.717, 1.165) is 27.8 Å². The van der Waals surface area contributed by atoms with Gasteiger partial charge in [-0.2, -0.15) is 5.10 Å². The summed E-state index contributed by atoms with van der Waals surface area (Å²) in [5.74, 6) is 0.639. The Labute approximate surface area is 257 Å². The molecule has 3 heterocycles. The van der Waals surface area contributed by atoms with E-state index in [-0.39, 0.29) is 17.4 Å². The third-order valence-electron chi connectivity index (χ3n) is 8.32. The van der Waals surface area contributed by atoms with Crippen LogP contribution in [-0.2, 0) is 15.6 Å². The molecule has 44 heavy (non-hydrogen) atoms.